The highest BCUT2D eigenvalue weighted by molar-refractivity contribution is 7.92. The van der Waals surface area contributed by atoms with Crippen molar-refractivity contribution >= 4 is 9.84 Å². The summed E-state index contributed by atoms with van der Waals surface area (Å²) in [6.45, 7) is 6.68. The zero-order valence-corrected chi connectivity index (χ0v) is 9.59. The lowest BCUT2D eigenvalue weighted by Crippen LogP contribution is -2.28. The molecule has 0 saturated carbocycles. The molecule has 1 aromatic heterocycles. The van der Waals surface area contributed by atoms with Crippen LogP contribution in [-0.2, 0) is 9.84 Å². The summed E-state index contributed by atoms with van der Waals surface area (Å²) < 4.78 is 23.0. The molecule has 1 rings (SSSR count). The maximum atomic E-state index is 11.9. The van der Waals surface area contributed by atoms with Gasteiger partial charge in [0.2, 0.25) is 0 Å². The van der Waals surface area contributed by atoms with Gasteiger partial charge in [0.1, 0.15) is 10.7 Å². The van der Waals surface area contributed by atoms with E-state index in [1.54, 1.807) is 27.7 Å². The third-order valence-corrected chi connectivity index (χ3v) is 4.32. The lowest BCUT2D eigenvalue weighted by molar-refractivity contribution is 0.559. The molecule has 0 spiro atoms. The number of nitrogens with zero attached hydrogens (tertiary/aromatic N) is 2. The van der Waals surface area contributed by atoms with E-state index in [9.17, 15) is 8.42 Å². The molecule has 14 heavy (non-hydrogen) atoms. The van der Waals surface area contributed by atoms with E-state index in [0.717, 1.165) is 0 Å². The molecule has 0 radical (unpaired) electrons. The molecule has 0 N–H and O–H groups in total. The molecule has 0 unspecified atom stereocenters. The van der Waals surface area contributed by atoms with Gasteiger partial charge in [-0.05, 0) is 27.7 Å². The van der Waals surface area contributed by atoms with Crippen LogP contribution < -0.4 is 0 Å². The molecule has 5 heteroatoms. The molecule has 0 aromatic carbocycles. The number of aromatic nitrogens is 2. The van der Waals surface area contributed by atoms with Gasteiger partial charge in [0.05, 0.1) is 4.75 Å². The van der Waals surface area contributed by atoms with Gasteiger partial charge >= 0.3 is 0 Å². The third-order valence-electron chi connectivity index (χ3n) is 1.87. The van der Waals surface area contributed by atoms with Crippen LogP contribution >= 0.6 is 0 Å². The van der Waals surface area contributed by atoms with Gasteiger partial charge in [-0.25, -0.2) is 18.4 Å². The van der Waals surface area contributed by atoms with E-state index in [-0.39, 0.29) is 4.90 Å². The number of rotatable bonds is 1. The van der Waals surface area contributed by atoms with Gasteiger partial charge in [-0.3, -0.25) is 0 Å². The highest BCUT2D eigenvalue weighted by Crippen LogP contribution is 2.23. The molecule has 0 aliphatic heterocycles. The Balaban J connectivity index is 3.25. The second kappa shape index (κ2) is 3.31. The van der Waals surface area contributed by atoms with Crippen LogP contribution in [0.3, 0.4) is 0 Å². The normalized spacial score (nSPS) is 12.9. The molecule has 0 saturated heterocycles. The summed E-state index contributed by atoms with van der Waals surface area (Å²) in [7, 11) is -3.32. The van der Waals surface area contributed by atoms with E-state index < -0.39 is 14.6 Å². The summed E-state index contributed by atoms with van der Waals surface area (Å²) in [5.41, 5.74) is 0. The molecule has 0 aliphatic rings. The number of sulfone groups is 1. The van der Waals surface area contributed by atoms with Crippen LogP contribution in [0.15, 0.2) is 17.3 Å². The van der Waals surface area contributed by atoms with E-state index in [0.29, 0.717) is 5.82 Å². The fourth-order valence-corrected chi connectivity index (χ4v) is 1.96. The zero-order valence-electron chi connectivity index (χ0n) is 8.77. The minimum atomic E-state index is -3.32. The standard InChI is InChI=1S/C9H14N2O2S/c1-7-10-5-8(6-11-7)14(12,13)9(2,3)4/h5-6H,1-4H3. The second-order valence-electron chi connectivity index (χ2n) is 4.08. The minimum Gasteiger partial charge on any atom is -0.240 e. The SMILES string of the molecule is Cc1ncc(S(=O)(=O)C(C)(C)C)cn1. The first-order valence-electron chi connectivity index (χ1n) is 4.28. The molecule has 0 amide bonds. The fraction of sp³-hybridized carbons (Fsp3) is 0.556. The number of hydrogen-bond donors (Lipinski definition) is 0. The first-order chi connectivity index (χ1) is 6.25. The van der Waals surface area contributed by atoms with Crippen LogP contribution in [0.4, 0.5) is 0 Å². The quantitative estimate of drug-likeness (QED) is 0.708. The molecule has 0 fully saturated rings. The van der Waals surface area contributed by atoms with Crippen LogP contribution in [0.25, 0.3) is 0 Å². The molecular weight excluding hydrogens is 200 g/mol. The number of aryl methyl sites for hydroxylation is 1. The van der Waals surface area contributed by atoms with Gasteiger partial charge in [-0.2, -0.15) is 0 Å². The Labute approximate surface area is 84.3 Å². The first kappa shape index (κ1) is 11.1. The van der Waals surface area contributed by atoms with E-state index in [4.69, 9.17) is 0 Å². The van der Waals surface area contributed by atoms with Gasteiger partial charge in [0.15, 0.2) is 9.84 Å². The maximum absolute atomic E-state index is 11.9. The van der Waals surface area contributed by atoms with E-state index in [1.165, 1.54) is 12.4 Å². The summed E-state index contributed by atoms with van der Waals surface area (Å²) in [6.07, 6.45) is 2.70. The van der Waals surface area contributed by atoms with Crippen molar-refractivity contribution in [2.24, 2.45) is 0 Å². The lowest BCUT2D eigenvalue weighted by Gasteiger charge is -2.18. The summed E-state index contributed by atoms with van der Waals surface area (Å²) in [5, 5.41) is 0. The van der Waals surface area contributed by atoms with Crippen LogP contribution in [0.2, 0.25) is 0 Å². The fourth-order valence-electron chi connectivity index (χ4n) is 0.873. The third kappa shape index (κ3) is 1.92. The lowest BCUT2D eigenvalue weighted by atomic mass is 10.3. The Hall–Kier alpha value is -0.970. The van der Waals surface area contributed by atoms with Crippen molar-refractivity contribution in [1.82, 2.24) is 9.97 Å². The van der Waals surface area contributed by atoms with E-state index in [2.05, 4.69) is 9.97 Å². The predicted octanol–water partition coefficient (Wildman–Crippen LogP) is 1.36. The largest absolute Gasteiger partial charge is 0.240 e. The molecule has 1 heterocycles. The Bertz CT molecular complexity index is 415. The summed E-state index contributed by atoms with van der Waals surface area (Å²) in [4.78, 5) is 7.91. The summed E-state index contributed by atoms with van der Waals surface area (Å²) in [6, 6.07) is 0. The van der Waals surface area contributed by atoms with Crippen molar-refractivity contribution in [3.63, 3.8) is 0 Å². The Kier molecular flexibility index (Phi) is 2.63. The van der Waals surface area contributed by atoms with E-state index >= 15 is 0 Å². The monoisotopic (exact) mass is 214 g/mol. The maximum Gasteiger partial charge on any atom is 0.186 e. The van der Waals surface area contributed by atoms with Crippen molar-refractivity contribution in [3.8, 4) is 0 Å². The Morgan fingerprint density at radius 2 is 1.57 bits per heavy atom. The van der Waals surface area contributed by atoms with Crippen molar-refractivity contribution in [3.05, 3.63) is 18.2 Å². The van der Waals surface area contributed by atoms with Crippen LogP contribution in [0.1, 0.15) is 26.6 Å². The molecule has 0 atom stereocenters. The Morgan fingerprint density at radius 1 is 1.14 bits per heavy atom. The molecular formula is C9H14N2O2S. The van der Waals surface area contributed by atoms with Crippen molar-refractivity contribution in [2.75, 3.05) is 0 Å². The molecule has 4 nitrogen and oxygen atoms in total. The average molecular weight is 214 g/mol. The second-order valence-corrected chi connectivity index (χ2v) is 6.78. The molecule has 78 valence electrons. The van der Waals surface area contributed by atoms with Crippen molar-refractivity contribution in [2.45, 2.75) is 37.3 Å². The van der Waals surface area contributed by atoms with Crippen LogP contribution in [0, 0.1) is 6.92 Å². The summed E-state index contributed by atoms with van der Waals surface area (Å²) in [5.74, 6) is 0.567. The van der Waals surface area contributed by atoms with Gasteiger partial charge in [0, 0.05) is 12.4 Å². The van der Waals surface area contributed by atoms with Crippen LogP contribution in [0.5, 0.6) is 0 Å². The molecule has 1 aromatic rings. The zero-order chi connectivity index (χ0) is 11.0. The van der Waals surface area contributed by atoms with Gasteiger partial charge in [0.25, 0.3) is 0 Å². The molecule has 0 aliphatic carbocycles. The van der Waals surface area contributed by atoms with Crippen molar-refractivity contribution in [1.29, 1.82) is 0 Å². The van der Waals surface area contributed by atoms with Crippen molar-refractivity contribution < 1.29 is 8.42 Å². The topological polar surface area (TPSA) is 59.9 Å². The predicted molar refractivity (Wildman–Crippen MR) is 53.7 cm³/mol. The van der Waals surface area contributed by atoms with Gasteiger partial charge in [-0.15, -0.1) is 0 Å². The number of hydrogen-bond acceptors (Lipinski definition) is 4. The van der Waals surface area contributed by atoms with Gasteiger partial charge < -0.3 is 0 Å². The average Bonchev–Trinajstić information content (AvgIpc) is 2.03. The van der Waals surface area contributed by atoms with E-state index in [1.807, 2.05) is 0 Å². The Morgan fingerprint density at radius 3 is 1.93 bits per heavy atom. The summed E-state index contributed by atoms with van der Waals surface area (Å²) >= 11 is 0. The minimum absolute atomic E-state index is 0.176. The molecule has 0 bridgehead atoms. The van der Waals surface area contributed by atoms with Crippen LogP contribution in [-0.4, -0.2) is 23.1 Å². The van der Waals surface area contributed by atoms with Gasteiger partial charge in [-0.1, -0.05) is 0 Å². The highest BCUT2D eigenvalue weighted by Gasteiger charge is 2.31. The first-order valence-corrected chi connectivity index (χ1v) is 5.77. The highest BCUT2D eigenvalue weighted by atomic mass is 32.2. The smallest absolute Gasteiger partial charge is 0.186 e.